The Morgan fingerprint density at radius 1 is 1.19 bits per heavy atom. The maximum Gasteiger partial charge on any atom is 0.260 e. The van der Waals surface area contributed by atoms with E-state index in [1.807, 2.05) is 31.2 Å². The molecule has 8 nitrogen and oxygen atoms in total. The standard InChI is InChI=1S/C22H21ClN4O4/c1-3-30-16-8-9-17(18(23)10-16)22(29)27-13-21(28)26(12-20-25-24-14(2)31-20)11-15-6-4-5-7-19(15)27/h4-10H,3,11-13H2,1-2H3. The minimum atomic E-state index is -0.357. The number of hydrogen-bond acceptors (Lipinski definition) is 6. The molecule has 0 N–H and O–H groups in total. The van der Waals surface area contributed by atoms with Gasteiger partial charge in [-0.15, -0.1) is 10.2 Å². The molecule has 0 saturated carbocycles. The smallest absolute Gasteiger partial charge is 0.260 e. The number of halogens is 1. The van der Waals surface area contributed by atoms with Crippen LogP contribution in [0, 0.1) is 6.92 Å². The van der Waals surface area contributed by atoms with Gasteiger partial charge in [-0.3, -0.25) is 14.5 Å². The van der Waals surface area contributed by atoms with Crippen LogP contribution in [0.15, 0.2) is 46.9 Å². The Morgan fingerprint density at radius 3 is 2.71 bits per heavy atom. The van der Waals surface area contributed by atoms with Crippen LogP contribution < -0.4 is 9.64 Å². The molecule has 3 aromatic rings. The molecule has 0 bridgehead atoms. The van der Waals surface area contributed by atoms with E-state index in [1.54, 1.807) is 30.0 Å². The molecule has 160 valence electrons. The highest BCUT2D eigenvalue weighted by Gasteiger charge is 2.31. The Balaban J connectivity index is 1.65. The van der Waals surface area contributed by atoms with Gasteiger partial charge in [0.1, 0.15) is 12.3 Å². The van der Waals surface area contributed by atoms with E-state index in [0.717, 1.165) is 5.56 Å². The summed E-state index contributed by atoms with van der Waals surface area (Å²) in [6.07, 6.45) is 0. The van der Waals surface area contributed by atoms with Crippen LogP contribution in [-0.4, -0.2) is 40.1 Å². The fourth-order valence-electron chi connectivity index (χ4n) is 3.48. The number of carbonyl (C=O) groups excluding carboxylic acids is 2. The van der Waals surface area contributed by atoms with Crippen molar-refractivity contribution in [3.8, 4) is 5.75 Å². The number of nitrogens with zero attached hydrogens (tertiary/aromatic N) is 4. The lowest BCUT2D eigenvalue weighted by molar-refractivity contribution is -0.131. The van der Waals surface area contributed by atoms with Crippen molar-refractivity contribution in [2.45, 2.75) is 26.9 Å². The van der Waals surface area contributed by atoms with Crippen LogP contribution in [0.2, 0.25) is 5.02 Å². The number of rotatable bonds is 5. The van der Waals surface area contributed by atoms with Crippen LogP contribution in [0.1, 0.15) is 34.6 Å². The van der Waals surface area contributed by atoms with Crippen LogP contribution in [0.25, 0.3) is 0 Å². The van der Waals surface area contributed by atoms with Gasteiger partial charge in [-0.05, 0) is 36.8 Å². The molecule has 2 aromatic carbocycles. The van der Waals surface area contributed by atoms with E-state index in [4.69, 9.17) is 20.8 Å². The van der Waals surface area contributed by atoms with E-state index in [9.17, 15) is 9.59 Å². The van der Waals surface area contributed by atoms with Crippen LogP contribution in [0.3, 0.4) is 0 Å². The van der Waals surface area contributed by atoms with Crippen LogP contribution in [-0.2, 0) is 17.9 Å². The highest BCUT2D eigenvalue weighted by molar-refractivity contribution is 6.34. The molecule has 0 fully saturated rings. The number of aromatic nitrogens is 2. The lowest BCUT2D eigenvalue weighted by atomic mass is 10.1. The number of anilines is 1. The van der Waals surface area contributed by atoms with Gasteiger partial charge in [0.15, 0.2) is 0 Å². The second-order valence-electron chi connectivity index (χ2n) is 7.06. The van der Waals surface area contributed by atoms with Gasteiger partial charge in [0, 0.05) is 19.2 Å². The van der Waals surface area contributed by atoms with Gasteiger partial charge in [-0.1, -0.05) is 29.8 Å². The number of para-hydroxylation sites is 1. The third kappa shape index (κ3) is 4.39. The Bertz CT molecular complexity index is 1130. The molecule has 1 aliphatic rings. The lowest BCUT2D eigenvalue weighted by Gasteiger charge is -2.22. The monoisotopic (exact) mass is 440 g/mol. The number of ether oxygens (including phenoxy) is 1. The minimum absolute atomic E-state index is 0.132. The summed E-state index contributed by atoms with van der Waals surface area (Å²) < 4.78 is 10.9. The van der Waals surface area contributed by atoms with E-state index in [-0.39, 0.29) is 29.9 Å². The van der Waals surface area contributed by atoms with Crippen molar-refractivity contribution in [3.63, 3.8) is 0 Å². The Hall–Kier alpha value is -3.39. The van der Waals surface area contributed by atoms with E-state index in [2.05, 4.69) is 10.2 Å². The Morgan fingerprint density at radius 2 is 2.00 bits per heavy atom. The summed E-state index contributed by atoms with van der Waals surface area (Å²) >= 11 is 6.37. The van der Waals surface area contributed by atoms with Crippen molar-refractivity contribution in [2.24, 2.45) is 0 Å². The molecular formula is C22H21ClN4O4. The van der Waals surface area contributed by atoms with Gasteiger partial charge >= 0.3 is 0 Å². The Labute approximate surface area is 184 Å². The van der Waals surface area contributed by atoms with Gasteiger partial charge in [-0.2, -0.15) is 0 Å². The molecule has 31 heavy (non-hydrogen) atoms. The number of benzene rings is 2. The quantitative estimate of drug-likeness (QED) is 0.602. The molecule has 2 heterocycles. The molecule has 9 heteroatoms. The second kappa shape index (κ2) is 8.77. The molecule has 4 rings (SSSR count). The maximum atomic E-state index is 13.4. The first kappa shape index (κ1) is 20.9. The predicted molar refractivity (Wildman–Crippen MR) is 114 cm³/mol. The molecule has 0 saturated heterocycles. The van der Waals surface area contributed by atoms with Crippen molar-refractivity contribution in [1.29, 1.82) is 0 Å². The van der Waals surface area contributed by atoms with Crippen LogP contribution in [0.4, 0.5) is 5.69 Å². The molecule has 1 aromatic heterocycles. The molecule has 0 spiro atoms. The number of amides is 2. The SMILES string of the molecule is CCOc1ccc(C(=O)N2CC(=O)N(Cc3nnc(C)o3)Cc3ccccc32)c(Cl)c1. The Kier molecular flexibility index (Phi) is 5.90. The van der Waals surface area contributed by atoms with E-state index >= 15 is 0 Å². The summed E-state index contributed by atoms with van der Waals surface area (Å²) in [5.74, 6) is 0.765. The number of hydrogen-bond donors (Lipinski definition) is 0. The summed E-state index contributed by atoms with van der Waals surface area (Å²) in [5, 5.41) is 8.06. The topological polar surface area (TPSA) is 88.8 Å². The lowest BCUT2D eigenvalue weighted by Crippen LogP contribution is -2.40. The molecule has 1 aliphatic heterocycles. The van der Waals surface area contributed by atoms with Gasteiger partial charge < -0.3 is 14.1 Å². The summed E-state index contributed by atoms with van der Waals surface area (Å²) in [4.78, 5) is 29.5. The first-order valence-electron chi connectivity index (χ1n) is 9.85. The molecule has 0 unspecified atom stereocenters. The molecule has 0 aliphatic carbocycles. The number of carbonyl (C=O) groups is 2. The number of aryl methyl sites for hydroxylation is 1. The molecular weight excluding hydrogens is 420 g/mol. The van der Waals surface area contributed by atoms with Gasteiger partial charge in [0.25, 0.3) is 5.91 Å². The van der Waals surface area contributed by atoms with Gasteiger partial charge in [-0.25, -0.2) is 0 Å². The zero-order valence-corrected chi connectivity index (χ0v) is 17.9. The van der Waals surface area contributed by atoms with Crippen LogP contribution >= 0.6 is 11.6 Å². The van der Waals surface area contributed by atoms with Crippen molar-refractivity contribution in [3.05, 3.63) is 70.4 Å². The average Bonchev–Trinajstić information content (AvgIpc) is 3.10. The van der Waals surface area contributed by atoms with Crippen molar-refractivity contribution < 1.29 is 18.7 Å². The summed E-state index contributed by atoms with van der Waals surface area (Å²) in [5.41, 5.74) is 1.80. The summed E-state index contributed by atoms with van der Waals surface area (Å²) in [6.45, 7) is 4.40. The first-order valence-corrected chi connectivity index (χ1v) is 10.2. The fraction of sp³-hybridized carbons (Fsp3) is 0.273. The van der Waals surface area contributed by atoms with Crippen molar-refractivity contribution in [2.75, 3.05) is 18.1 Å². The van der Waals surface area contributed by atoms with E-state index < -0.39 is 0 Å². The number of fused-ring (bicyclic) bond motifs is 1. The van der Waals surface area contributed by atoms with E-state index in [0.29, 0.717) is 41.9 Å². The zero-order valence-electron chi connectivity index (χ0n) is 17.2. The third-order valence-corrected chi connectivity index (χ3v) is 5.22. The molecule has 0 radical (unpaired) electrons. The third-order valence-electron chi connectivity index (χ3n) is 4.91. The zero-order chi connectivity index (χ0) is 22.0. The van der Waals surface area contributed by atoms with Gasteiger partial charge in [0.05, 0.1) is 23.7 Å². The van der Waals surface area contributed by atoms with Gasteiger partial charge in [0.2, 0.25) is 17.7 Å². The van der Waals surface area contributed by atoms with Crippen molar-refractivity contribution >= 4 is 29.1 Å². The first-order chi connectivity index (χ1) is 15.0. The van der Waals surface area contributed by atoms with Crippen molar-refractivity contribution in [1.82, 2.24) is 15.1 Å². The molecule has 2 amide bonds. The second-order valence-corrected chi connectivity index (χ2v) is 7.47. The largest absolute Gasteiger partial charge is 0.494 e. The fourth-order valence-corrected chi connectivity index (χ4v) is 3.73. The highest BCUT2D eigenvalue weighted by atomic mass is 35.5. The van der Waals surface area contributed by atoms with E-state index in [1.165, 1.54) is 4.90 Å². The predicted octanol–water partition coefficient (Wildman–Crippen LogP) is 3.62. The average molecular weight is 441 g/mol. The summed E-state index contributed by atoms with van der Waals surface area (Å²) in [6, 6.07) is 12.3. The minimum Gasteiger partial charge on any atom is -0.494 e. The maximum absolute atomic E-state index is 13.4. The van der Waals surface area contributed by atoms with Crippen LogP contribution in [0.5, 0.6) is 5.75 Å². The molecule has 0 atom stereocenters. The highest BCUT2D eigenvalue weighted by Crippen LogP contribution is 2.30. The normalized spacial score (nSPS) is 13.7. The summed E-state index contributed by atoms with van der Waals surface area (Å²) in [7, 11) is 0.